The molecule has 4 rings (SSSR count). The van der Waals surface area contributed by atoms with Crippen molar-refractivity contribution in [1.29, 1.82) is 5.26 Å². The molecule has 0 amide bonds. The zero-order chi connectivity index (χ0) is 18.8. The van der Waals surface area contributed by atoms with Crippen LogP contribution in [0.4, 0.5) is 0 Å². The molecule has 2 aromatic heterocycles. The number of pyridine rings is 1. The number of aromatic nitrogens is 2. The molecular formula is C22H13Br2N3. The van der Waals surface area contributed by atoms with Gasteiger partial charge in [0.05, 0.1) is 5.52 Å². The summed E-state index contributed by atoms with van der Waals surface area (Å²) in [5, 5.41) is 10.9. The van der Waals surface area contributed by atoms with Crippen molar-refractivity contribution in [3.05, 3.63) is 87.7 Å². The predicted molar refractivity (Wildman–Crippen MR) is 117 cm³/mol. The van der Waals surface area contributed by atoms with Crippen LogP contribution in [0.2, 0.25) is 0 Å². The highest BCUT2D eigenvalue weighted by Gasteiger charge is 2.09. The Kier molecular flexibility index (Phi) is 4.93. The van der Waals surface area contributed by atoms with Crippen LogP contribution in [0.5, 0.6) is 0 Å². The molecule has 27 heavy (non-hydrogen) atoms. The van der Waals surface area contributed by atoms with Gasteiger partial charge in [0.2, 0.25) is 0 Å². The van der Waals surface area contributed by atoms with Crippen molar-refractivity contribution in [2.45, 2.75) is 0 Å². The Bertz CT molecular complexity index is 1220. The van der Waals surface area contributed by atoms with Crippen LogP contribution in [0, 0.1) is 11.3 Å². The van der Waals surface area contributed by atoms with Gasteiger partial charge in [-0.25, -0.2) is 0 Å². The molecule has 4 aromatic rings. The molecule has 0 fully saturated rings. The molecule has 0 saturated carbocycles. The molecule has 0 atom stereocenters. The van der Waals surface area contributed by atoms with Gasteiger partial charge >= 0.3 is 0 Å². The van der Waals surface area contributed by atoms with Crippen molar-refractivity contribution in [1.82, 2.24) is 9.55 Å². The number of hydrogen-bond donors (Lipinski definition) is 0. The molecule has 0 bridgehead atoms. The lowest BCUT2D eigenvalue weighted by Crippen LogP contribution is -1.94. The van der Waals surface area contributed by atoms with Crippen LogP contribution < -0.4 is 0 Å². The maximum absolute atomic E-state index is 9.80. The number of benzene rings is 2. The first kappa shape index (κ1) is 17.7. The van der Waals surface area contributed by atoms with E-state index in [1.54, 1.807) is 12.4 Å². The average Bonchev–Trinajstić information content (AvgIpc) is 3.09. The normalized spacial score (nSPS) is 11.5. The quantitative estimate of drug-likeness (QED) is 0.305. The van der Waals surface area contributed by atoms with Crippen LogP contribution in [0.1, 0.15) is 5.56 Å². The summed E-state index contributed by atoms with van der Waals surface area (Å²) in [5.74, 6) is 0. The standard InChI is InChI=1S/C22H13Br2N3/c23-18-3-1-2-15(10-18)21-6-8-26-14-17(21)12-20(13-25)27-9-7-16-11-19(24)4-5-22(16)27/h1-12,14H. The topological polar surface area (TPSA) is 41.6 Å². The summed E-state index contributed by atoms with van der Waals surface area (Å²) in [6.07, 6.45) is 7.35. The van der Waals surface area contributed by atoms with E-state index >= 15 is 0 Å². The Morgan fingerprint density at radius 2 is 1.89 bits per heavy atom. The molecule has 0 radical (unpaired) electrons. The summed E-state index contributed by atoms with van der Waals surface area (Å²) in [4.78, 5) is 4.25. The van der Waals surface area contributed by atoms with Gasteiger partial charge < -0.3 is 4.57 Å². The third-order valence-corrected chi connectivity index (χ3v) is 5.29. The third kappa shape index (κ3) is 3.59. The maximum atomic E-state index is 9.80. The summed E-state index contributed by atoms with van der Waals surface area (Å²) in [6.45, 7) is 0. The first-order valence-electron chi connectivity index (χ1n) is 8.24. The first-order valence-corrected chi connectivity index (χ1v) is 9.83. The van der Waals surface area contributed by atoms with Crippen LogP contribution in [0.3, 0.4) is 0 Å². The molecule has 130 valence electrons. The van der Waals surface area contributed by atoms with Crippen LogP contribution >= 0.6 is 31.9 Å². The number of halogens is 2. The lowest BCUT2D eigenvalue weighted by molar-refractivity contribution is 1.19. The Morgan fingerprint density at radius 3 is 2.70 bits per heavy atom. The van der Waals surface area contributed by atoms with Gasteiger partial charge in [-0.1, -0.05) is 44.0 Å². The molecule has 3 nitrogen and oxygen atoms in total. The molecular weight excluding hydrogens is 466 g/mol. The zero-order valence-electron chi connectivity index (χ0n) is 14.1. The van der Waals surface area contributed by atoms with Crippen molar-refractivity contribution in [3.8, 4) is 17.2 Å². The van der Waals surface area contributed by atoms with E-state index in [0.29, 0.717) is 5.70 Å². The van der Waals surface area contributed by atoms with Crippen LogP contribution in [0.25, 0.3) is 33.8 Å². The number of allylic oxidation sites excluding steroid dienone is 1. The van der Waals surface area contributed by atoms with Gasteiger partial charge in [-0.15, -0.1) is 0 Å². The molecule has 0 saturated heterocycles. The average molecular weight is 479 g/mol. The van der Waals surface area contributed by atoms with Gasteiger partial charge in [0.25, 0.3) is 0 Å². The smallest absolute Gasteiger partial charge is 0.125 e. The molecule has 0 aliphatic carbocycles. The highest BCUT2D eigenvalue weighted by Crippen LogP contribution is 2.29. The van der Waals surface area contributed by atoms with Gasteiger partial charge in [-0.2, -0.15) is 5.26 Å². The highest BCUT2D eigenvalue weighted by molar-refractivity contribution is 9.10. The van der Waals surface area contributed by atoms with E-state index in [0.717, 1.165) is 36.5 Å². The van der Waals surface area contributed by atoms with E-state index in [9.17, 15) is 5.26 Å². The minimum absolute atomic E-state index is 0.538. The molecule has 0 N–H and O–H groups in total. The lowest BCUT2D eigenvalue weighted by Gasteiger charge is -2.08. The monoisotopic (exact) mass is 477 g/mol. The highest BCUT2D eigenvalue weighted by atomic mass is 79.9. The Balaban J connectivity index is 1.86. The minimum Gasteiger partial charge on any atom is -0.308 e. The summed E-state index contributed by atoms with van der Waals surface area (Å²) in [7, 11) is 0. The Morgan fingerprint density at radius 1 is 1.04 bits per heavy atom. The number of hydrogen-bond acceptors (Lipinski definition) is 2. The van der Waals surface area contributed by atoms with Gasteiger partial charge in [0, 0.05) is 38.5 Å². The van der Waals surface area contributed by atoms with E-state index in [4.69, 9.17) is 0 Å². The molecule has 0 aliphatic rings. The van der Waals surface area contributed by atoms with Crippen LogP contribution in [0.15, 0.2) is 82.1 Å². The van der Waals surface area contributed by atoms with Crippen molar-refractivity contribution >= 4 is 54.5 Å². The van der Waals surface area contributed by atoms with Crippen molar-refractivity contribution < 1.29 is 0 Å². The fraction of sp³-hybridized carbons (Fsp3) is 0. The largest absolute Gasteiger partial charge is 0.308 e. The third-order valence-electron chi connectivity index (χ3n) is 4.31. The van der Waals surface area contributed by atoms with E-state index in [2.05, 4.69) is 49.0 Å². The first-order chi connectivity index (χ1) is 13.2. The van der Waals surface area contributed by atoms with E-state index in [1.807, 2.05) is 65.4 Å². The van der Waals surface area contributed by atoms with E-state index < -0.39 is 0 Å². The molecule has 0 aliphatic heterocycles. The number of rotatable bonds is 3. The van der Waals surface area contributed by atoms with Crippen molar-refractivity contribution in [3.63, 3.8) is 0 Å². The van der Waals surface area contributed by atoms with Crippen LogP contribution in [-0.2, 0) is 0 Å². The van der Waals surface area contributed by atoms with Gasteiger partial charge in [0.1, 0.15) is 11.8 Å². The Hall–Kier alpha value is -2.68. The minimum atomic E-state index is 0.538. The lowest BCUT2D eigenvalue weighted by atomic mass is 10.0. The van der Waals surface area contributed by atoms with E-state index in [1.165, 1.54) is 0 Å². The number of fused-ring (bicyclic) bond motifs is 1. The predicted octanol–water partition coefficient (Wildman–Crippen LogP) is 6.75. The Labute approximate surface area is 173 Å². The SMILES string of the molecule is N#CC(=Cc1cnccc1-c1cccc(Br)c1)n1ccc2cc(Br)ccc21. The van der Waals surface area contributed by atoms with Gasteiger partial charge in [-0.3, -0.25) is 4.98 Å². The van der Waals surface area contributed by atoms with Crippen molar-refractivity contribution in [2.75, 3.05) is 0 Å². The molecule has 2 heterocycles. The van der Waals surface area contributed by atoms with E-state index in [-0.39, 0.29) is 0 Å². The van der Waals surface area contributed by atoms with Gasteiger partial charge in [0.15, 0.2) is 0 Å². The summed E-state index contributed by atoms with van der Waals surface area (Å²) < 4.78 is 3.92. The molecule has 2 aromatic carbocycles. The fourth-order valence-corrected chi connectivity index (χ4v) is 3.85. The fourth-order valence-electron chi connectivity index (χ4n) is 3.07. The number of nitrogens with zero attached hydrogens (tertiary/aromatic N) is 3. The second-order valence-electron chi connectivity index (χ2n) is 6.00. The molecule has 5 heteroatoms. The summed E-state index contributed by atoms with van der Waals surface area (Å²) in [5.41, 5.74) is 4.51. The van der Waals surface area contributed by atoms with Crippen molar-refractivity contribution in [2.24, 2.45) is 0 Å². The summed E-state index contributed by atoms with van der Waals surface area (Å²) in [6, 6.07) is 20.4. The maximum Gasteiger partial charge on any atom is 0.125 e. The second-order valence-corrected chi connectivity index (χ2v) is 7.83. The molecule has 0 spiro atoms. The second kappa shape index (κ2) is 7.51. The van der Waals surface area contributed by atoms with Crippen LogP contribution in [-0.4, -0.2) is 9.55 Å². The van der Waals surface area contributed by atoms with Gasteiger partial charge in [-0.05, 0) is 59.7 Å². The zero-order valence-corrected chi connectivity index (χ0v) is 17.3. The number of nitriles is 1. The molecule has 0 unspecified atom stereocenters. The summed E-state index contributed by atoms with van der Waals surface area (Å²) >= 11 is 7.01.